The fraction of sp³-hybridized carbons (Fsp3) is 0.556. The average Bonchev–Trinajstić information content (AvgIpc) is 2.61. The molecule has 1 fully saturated rings. The van der Waals surface area contributed by atoms with Crippen molar-refractivity contribution >= 4 is 12.0 Å². The summed E-state index contributed by atoms with van der Waals surface area (Å²) in [5.74, 6) is -0.410. The number of methoxy groups -OCH3 is 1. The molecule has 1 aromatic carbocycles. The number of hydrogen-bond acceptors (Lipinski definition) is 3. The van der Waals surface area contributed by atoms with E-state index in [0.29, 0.717) is 6.42 Å². The van der Waals surface area contributed by atoms with Crippen molar-refractivity contribution < 1.29 is 14.3 Å². The molecule has 0 unspecified atom stereocenters. The van der Waals surface area contributed by atoms with Crippen LogP contribution < -0.4 is 5.32 Å². The summed E-state index contributed by atoms with van der Waals surface area (Å²) in [5.41, 5.74) is 0.994. The summed E-state index contributed by atoms with van der Waals surface area (Å²) in [5, 5.41) is 2.86. The van der Waals surface area contributed by atoms with Gasteiger partial charge in [-0.3, -0.25) is 0 Å². The Labute approximate surface area is 138 Å². The van der Waals surface area contributed by atoms with Gasteiger partial charge in [0.05, 0.1) is 7.11 Å². The molecular weight excluding hydrogens is 292 g/mol. The molecule has 1 aliphatic rings. The Hall–Kier alpha value is -2.04. The summed E-state index contributed by atoms with van der Waals surface area (Å²) in [4.78, 5) is 26.5. The monoisotopic (exact) mass is 318 g/mol. The fourth-order valence-corrected chi connectivity index (χ4v) is 3.11. The van der Waals surface area contributed by atoms with Crippen LogP contribution in [-0.2, 0) is 16.0 Å². The van der Waals surface area contributed by atoms with Gasteiger partial charge in [-0.25, -0.2) is 9.59 Å². The summed E-state index contributed by atoms with van der Waals surface area (Å²) in [7, 11) is 1.35. The standard InChI is InChI=1S/C18H26N2O3/c1-3-15-11-7-8-12-20(15)18(22)19-16(17(21)23-2)13-14-9-5-4-6-10-14/h4-6,9-10,15-16H,3,7-8,11-13H2,1-2H3,(H,19,22)/t15-,16+/m1/s1. The molecule has 2 rings (SSSR count). The Morgan fingerprint density at radius 3 is 2.70 bits per heavy atom. The highest BCUT2D eigenvalue weighted by Crippen LogP contribution is 2.19. The van der Waals surface area contributed by atoms with Gasteiger partial charge in [-0.15, -0.1) is 0 Å². The largest absolute Gasteiger partial charge is 0.467 e. The molecule has 0 bridgehead atoms. The van der Waals surface area contributed by atoms with Crippen LogP contribution in [-0.4, -0.2) is 42.6 Å². The quantitative estimate of drug-likeness (QED) is 0.849. The van der Waals surface area contributed by atoms with Crippen LogP contribution >= 0.6 is 0 Å². The maximum absolute atomic E-state index is 12.6. The summed E-state index contributed by atoms with van der Waals surface area (Å²) < 4.78 is 4.85. The second kappa shape index (κ2) is 8.56. The minimum Gasteiger partial charge on any atom is -0.467 e. The Morgan fingerprint density at radius 1 is 1.30 bits per heavy atom. The molecule has 1 N–H and O–H groups in total. The first kappa shape index (κ1) is 17.3. The SMILES string of the molecule is CC[C@@H]1CCCCN1C(=O)N[C@@H](Cc1ccccc1)C(=O)OC. The van der Waals surface area contributed by atoms with Gasteiger partial charge in [0.15, 0.2) is 0 Å². The predicted molar refractivity (Wildman–Crippen MR) is 89.1 cm³/mol. The van der Waals surface area contributed by atoms with Gasteiger partial charge >= 0.3 is 12.0 Å². The Balaban J connectivity index is 2.04. The minimum absolute atomic E-state index is 0.164. The van der Waals surface area contributed by atoms with Crippen LogP contribution in [0.4, 0.5) is 4.79 Å². The first-order chi connectivity index (χ1) is 11.2. The van der Waals surface area contributed by atoms with Crippen LogP contribution in [0.1, 0.15) is 38.2 Å². The van der Waals surface area contributed by atoms with Gasteiger partial charge in [-0.05, 0) is 31.2 Å². The number of piperidine rings is 1. The molecule has 5 heteroatoms. The Morgan fingerprint density at radius 2 is 2.04 bits per heavy atom. The molecule has 0 aromatic heterocycles. The first-order valence-corrected chi connectivity index (χ1v) is 8.34. The molecule has 0 aliphatic carbocycles. The van der Waals surface area contributed by atoms with E-state index >= 15 is 0 Å². The van der Waals surface area contributed by atoms with Gasteiger partial charge in [0, 0.05) is 19.0 Å². The summed E-state index contributed by atoms with van der Waals surface area (Å²) >= 11 is 0. The molecule has 0 saturated carbocycles. The lowest BCUT2D eigenvalue weighted by molar-refractivity contribution is -0.142. The first-order valence-electron chi connectivity index (χ1n) is 8.34. The van der Waals surface area contributed by atoms with Crippen molar-refractivity contribution in [1.29, 1.82) is 0 Å². The maximum Gasteiger partial charge on any atom is 0.328 e. The minimum atomic E-state index is -0.658. The zero-order valence-electron chi connectivity index (χ0n) is 14.0. The van der Waals surface area contributed by atoms with Gasteiger partial charge in [-0.1, -0.05) is 37.3 Å². The van der Waals surface area contributed by atoms with E-state index in [2.05, 4.69) is 12.2 Å². The molecule has 1 aliphatic heterocycles. The molecule has 1 heterocycles. The van der Waals surface area contributed by atoms with Crippen molar-refractivity contribution in [2.75, 3.05) is 13.7 Å². The second-order valence-electron chi connectivity index (χ2n) is 5.97. The zero-order valence-corrected chi connectivity index (χ0v) is 14.0. The molecule has 1 aromatic rings. The smallest absolute Gasteiger partial charge is 0.328 e. The van der Waals surface area contributed by atoms with E-state index in [1.165, 1.54) is 7.11 Å². The molecule has 126 valence electrons. The number of nitrogens with zero attached hydrogens (tertiary/aromatic N) is 1. The number of ether oxygens (including phenoxy) is 1. The number of likely N-dealkylation sites (tertiary alicyclic amines) is 1. The number of carbonyl (C=O) groups is 2. The maximum atomic E-state index is 12.6. The van der Waals surface area contributed by atoms with Crippen molar-refractivity contribution in [3.05, 3.63) is 35.9 Å². The van der Waals surface area contributed by atoms with E-state index in [0.717, 1.165) is 37.8 Å². The highest BCUT2D eigenvalue weighted by molar-refractivity contribution is 5.84. The predicted octanol–water partition coefficient (Wildman–Crippen LogP) is 2.74. The molecule has 23 heavy (non-hydrogen) atoms. The number of nitrogens with one attached hydrogen (secondary N) is 1. The van der Waals surface area contributed by atoms with Crippen LogP contribution in [0.15, 0.2) is 30.3 Å². The summed E-state index contributed by atoms with van der Waals surface area (Å²) in [6.07, 6.45) is 4.59. The van der Waals surface area contributed by atoms with Gasteiger partial charge < -0.3 is 15.0 Å². The molecule has 5 nitrogen and oxygen atoms in total. The van der Waals surface area contributed by atoms with Crippen LogP contribution in [0.5, 0.6) is 0 Å². The second-order valence-corrected chi connectivity index (χ2v) is 5.97. The molecule has 1 saturated heterocycles. The normalized spacial score (nSPS) is 19.0. The topological polar surface area (TPSA) is 58.6 Å². The zero-order chi connectivity index (χ0) is 16.7. The van der Waals surface area contributed by atoms with Crippen molar-refractivity contribution in [1.82, 2.24) is 10.2 Å². The van der Waals surface area contributed by atoms with E-state index < -0.39 is 12.0 Å². The average molecular weight is 318 g/mol. The van der Waals surface area contributed by atoms with Gasteiger partial charge in [0.1, 0.15) is 6.04 Å². The molecular formula is C18H26N2O3. The van der Waals surface area contributed by atoms with Crippen molar-refractivity contribution in [2.45, 2.75) is 51.1 Å². The van der Waals surface area contributed by atoms with Gasteiger partial charge in [-0.2, -0.15) is 0 Å². The number of hydrogen-bond donors (Lipinski definition) is 1. The fourth-order valence-electron chi connectivity index (χ4n) is 3.11. The van der Waals surface area contributed by atoms with Crippen molar-refractivity contribution in [3.8, 4) is 0 Å². The van der Waals surface area contributed by atoms with E-state index in [4.69, 9.17) is 4.74 Å². The number of carbonyl (C=O) groups excluding carboxylic acids is 2. The van der Waals surface area contributed by atoms with Crippen LogP contribution in [0, 0.1) is 0 Å². The van der Waals surface area contributed by atoms with E-state index in [1.807, 2.05) is 35.2 Å². The lowest BCUT2D eigenvalue weighted by Crippen LogP contribution is -2.53. The van der Waals surface area contributed by atoms with Gasteiger partial charge in [0.2, 0.25) is 0 Å². The molecule has 2 atom stereocenters. The third kappa shape index (κ3) is 4.71. The van der Waals surface area contributed by atoms with Crippen molar-refractivity contribution in [3.63, 3.8) is 0 Å². The highest BCUT2D eigenvalue weighted by atomic mass is 16.5. The number of amides is 2. The summed E-state index contributed by atoms with van der Waals surface area (Å²) in [6, 6.07) is 9.09. The third-order valence-corrected chi connectivity index (χ3v) is 4.43. The molecule has 0 spiro atoms. The van der Waals surface area contributed by atoms with Gasteiger partial charge in [0.25, 0.3) is 0 Å². The summed E-state index contributed by atoms with van der Waals surface area (Å²) in [6.45, 7) is 2.85. The highest BCUT2D eigenvalue weighted by Gasteiger charge is 2.29. The Bertz CT molecular complexity index is 518. The van der Waals surface area contributed by atoms with Crippen LogP contribution in [0.2, 0.25) is 0 Å². The van der Waals surface area contributed by atoms with E-state index in [9.17, 15) is 9.59 Å². The van der Waals surface area contributed by atoms with E-state index in [-0.39, 0.29) is 12.1 Å². The van der Waals surface area contributed by atoms with Crippen LogP contribution in [0.25, 0.3) is 0 Å². The number of esters is 1. The third-order valence-electron chi connectivity index (χ3n) is 4.43. The van der Waals surface area contributed by atoms with E-state index in [1.54, 1.807) is 0 Å². The number of benzene rings is 1. The lowest BCUT2D eigenvalue weighted by Gasteiger charge is -2.36. The molecule has 0 radical (unpaired) electrons. The lowest BCUT2D eigenvalue weighted by atomic mass is 10.0. The number of urea groups is 1. The Kier molecular flexibility index (Phi) is 6.44. The molecule has 2 amide bonds. The number of rotatable bonds is 5. The van der Waals surface area contributed by atoms with Crippen LogP contribution in [0.3, 0.4) is 0 Å². The van der Waals surface area contributed by atoms with Crippen molar-refractivity contribution in [2.24, 2.45) is 0 Å².